The van der Waals surface area contributed by atoms with Crippen LogP contribution in [-0.4, -0.2) is 23.6 Å². The number of benzene rings is 1. The lowest BCUT2D eigenvalue weighted by molar-refractivity contribution is -0.141. The molecule has 0 saturated carbocycles. The molecule has 6 heteroatoms. The summed E-state index contributed by atoms with van der Waals surface area (Å²) in [5.74, 6) is -1.09. The molecule has 92 valence electrons. The molecule has 0 spiro atoms. The first kappa shape index (κ1) is 11.9. The van der Waals surface area contributed by atoms with Crippen molar-refractivity contribution >= 4 is 17.6 Å². The van der Waals surface area contributed by atoms with Gasteiger partial charge in [0.1, 0.15) is 5.75 Å². The molecule has 1 aromatic rings. The molecule has 0 aliphatic carbocycles. The molecule has 1 aromatic carbocycles. The zero-order chi connectivity index (χ0) is 13.3. The summed E-state index contributed by atoms with van der Waals surface area (Å²) in [6, 6.07) is 6.26. The summed E-state index contributed by atoms with van der Waals surface area (Å²) < 4.78 is 5.16. The molecule has 1 atom stereocenters. The second-order valence-electron chi connectivity index (χ2n) is 4.09. The Hall–Kier alpha value is -2.55. The van der Waals surface area contributed by atoms with E-state index in [-0.39, 0.29) is 12.5 Å². The Bertz CT molecular complexity index is 576. The molecule has 0 fully saturated rings. The number of anilines is 1. The Balaban J connectivity index is 2.49. The van der Waals surface area contributed by atoms with Crippen LogP contribution in [0.15, 0.2) is 18.2 Å². The highest BCUT2D eigenvalue weighted by Crippen LogP contribution is 2.33. The predicted octanol–water partition coefficient (Wildman–Crippen LogP) is 0.883. The maximum atomic E-state index is 11.2. The van der Waals surface area contributed by atoms with E-state index in [0.29, 0.717) is 17.0 Å². The minimum absolute atomic E-state index is 0.0687. The fourth-order valence-corrected chi connectivity index (χ4v) is 1.63. The first-order chi connectivity index (χ1) is 8.47. The Kier molecular flexibility index (Phi) is 2.67. The lowest BCUT2D eigenvalue weighted by atomic mass is 9.84. The van der Waals surface area contributed by atoms with Crippen LogP contribution in [0, 0.1) is 11.3 Å². The summed E-state index contributed by atoms with van der Waals surface area (Å²) >= 11 is 0. The number of nitrogens with zero attached hydrogens (tertiary/aromatic N) is 1. The molecule has 0 bridgehead atoms. The third kappa shape index (κ3) is 1.76. The van der Waals surface area contributed by atoms with E-state index >= 15 is 0 Å². The third-order valence-electron chi connectivity index (χ3n) is 2.84. The highest BCUT2D eigenvalue weighted by molar-refractivity contribution is 5.96. The number of amides is 1. The Labute approximate surface area is 103 Å². The van der Waals surface area contributed by atoms with Gasteiger partial charge in [-0.3, -0.25) is 9.59 Å². The number of fused-ring (bicyclic) bond motifs is 1. The van der Waals surface area contributed by atoms with E-state index in [4.69, 9.17) is 15.1 Å². The molecule has 1 aliphatic heterocycles. The lowest BCUT2D eigenvalue weighted by Gasteiger charge is -2.22. The van der Waals surface area contributed by atoms with Gasteiger partial charge >= 0.3 is 5.97 Å². The molecular weight excluding hydrogens is 236 g/mol. The SMILES string of the molecule is CC(C#N)(C(=O)O)c1ccc2c(c1)NC(=O)CO2. The highest BCUT2D eigenvalue weighted by atomic mass is 16.5. The molecular formula is C12H10N2O4. The van der Waals surface area contributed by atoms with Crippen molar-refractivity contribution in [1.29, 1.82) is 5.26 Å². The van der Waals surface area contributed by atoms with Crippen LogP contribution >= 0.6 is 0 Å². The Morgan fingerprint density at radius 2 is 2.33 bits per heavy atom. The van der Waals surface area contributed by atoms with Gasteiger partial charge in [-0.05, 0) is 24.6 Å². The van der Waals surface area contributed by atoms with Crippen molar-refractivity contribution in [3.8, 4) is 11.8 Å². The predicted molar refractivity (Wildman–Crippen MR) is 61.2 cm³/mol. The molecule has 0 radical (unpaired) electrons. The molecule has 0 saturated heterocycles. The van der Waals surface area contributed by atoms with Crippen molar-refractivity contribution in [3.05, 3.63) is 23.8 Å². The topological polar surface area (TPSA) is 99.4 Å². The molecule has 1 amide bonds. The van der Waals surface area contributed by atoms with Gasteiger partial charge in [-0.1, -0.05) is 6.07 Å². The van der Waals surface area contributed by atoms with Crippen LogP contribution in [0.1, 0.15) is 12.5 Å². The van der Waals surface area contributed by atoms with Crippen LogP contribution in [0.4, 0.5) is 5.69 Å². The first-order valence-electron chi connectivity index (χ1n) is 5.19. The van der Waals surface area contributed by atoms with Gasteiger partial charge in [-0.15, -0.1) is 0 Å². The van der Waals surface area contributed by atoms with Crippen LogP contribution in [0.5, 0.6) is 5.75 Å². The quantitative estimate of drug-likeness (QED) is 0.807. The van der Waals surface area contributed by atoms with Crippen molar-refractivity contribution in [2.45, 2.75) is 12.3 Å². The van der Waals surface area contributed by atoms with Gasteiger partial charge in [-0.2, -0.15) is 5.26 Å². The highest BCUT2D eigenvalue weighted by Gasteiger charge is 2.36. The number of nitrogens with one attached hydrogen (secondary N) is 1. The van der Waals surface area contributed by atoms with E-state index in [1.165, 1.54) is 19.1 Å². The average molecular weight is 246 g/mol. The van der Waals surface area contributed by atoms with E-state index in [0.717, 1.165) is 0 Å². The standard InChI is InChI=1S/C12H10N2O4/c1-12(6-13,11(16)17)7-2-3-9-8(4-7)14-10(15)5-18-9/h2-4H,5H2,1H3,(H,14,15)(H,16,17). The summed E-state index contributed by atoms with van der Waals surface area (Å²) in [7, 11) is 0. The summed E-state index contributed by atoms with van der Waals surface area (Å²) in [5.41, 5.74) is -0.981. The smallest absolute Gasteiger partial charge is 0.328 e. The van der Waals surface area contributed by atoms with E-state index < -0.39 is 11.4 Å². The Morgan fingerprint density at radius 3 is 2.94 bits per heavy atom. The maximum absolute atomic E-state index is 11.2. The second-order valence-corrected chi connectivity index (χ2v) is 4.09. The molecule has 1 heterocycles. The van der Waals surface area contributed by atoms with Gasteiger partial charge in [0.25, 0.3) is 5.91 Å². The zero-order valence-corrected chi connectivity index (χ0v) is 9.56. The fraction of sp³-hybridized carbons (Fsp3) is 0.250. The van der Waals surface area contributed by atoms with Crippen molar-refractivity contribution in [1.82, 2.24) is 0 Å². The summed E-state index contributed by atoms with van der Waals surface area (Å²) in [4.78, 5) is 22.3. The number of hydrogen-bond donors (Lipinski definition) is 2. The molecule has 0 aromatic heterocycles. The number of carboxylic acid groups (broad SMARTS) is 1. The van der Waals surface area contributed by atoms with Gasteiger partial charge < -0.3 is 15.2 Å². The minimum Gasteiger partial charge on any atom is -0.482 e. The zero-order valence-electron chi connectivity index (χ0n) is 9.56. The molecule has 2 rings (SSSR count). The maximum Gasteiger partial charge on any atom is 0.328 e. The van der Waals surface area contributed by atoms with Crippen molar-refractivity contribution < 1.29 is 19.4 Å². The average Bonchev–Trinajstić information content (AvgIpc) is 2.36. The summed E-state index contributed by atoms with van der Waals surface area (Å²) in [6.07, 6.45) is 0. The number of carbonyl (C=O) groups is 2. The number of ether oxygens (including phenoxy) is 1. The minimum atomic E-state index is -1.66. The molecule has 1 aliphatic rings. The summed E-state index contributed by atoms with van der Waals surface area (Å²) in [6.45, 7) is 1.24. The fourth-order valence-electron chi connectivity index (χ4n) is 1.63. The van der Waals surface area contributed by atoms with E-state index in [1.54, 1.807) is 12.1 Å². The van der Waals surface area contributed by atoms with E-state index in [2.05, 4.69) is 5.32 Å². The number of carbonyl (C=O) groups excluding carboxylic acids is 1. The van der Waals surface area contributed by atoms with Gasteiger partial charge in [-0.25, -0.2) is 0 Å². The van der Waals surface area contributed by atoms with Crippen LogP contribution in [-0.2, 0) is 15.0 Å². The van der Waals surface area contributed by atoms with Crippen molar-refractivity contribution in [2.24, 2.45) is 0 Å². The largest absolute Gasteiger partial charge is 0.482 e. The van der Waals surface area contributed by atoms with Crippen LogP contribution < -0.4 is 10.1 Å². The molecule has 2 N–H and O–H groups in total. The van der Waals surface area contributed by atoms with Gasteiger partial charge in [0.05, 0.1) is 11.8 Å². The number of aliphatic carboxylic acids is 1. The second kappa shape index (κ2) is 4.04. The van der Waals surface area contributed by atoms with Crippen molar-refractivity contribution in [2.75, 3.05) is 11.9 Å². The van der Waals surface area contributed by atoms with E-state index in [1.807, 2.05) is 0 Å². The van der Waals surface area contributed by atoms with Crippen LogP contribution in [0.3, 0.4) is 0 Å². The first-order valence-corrected chi connectivity index (χ1v) is 5.19. The number of carboxylic acids is 1. The third-order valence-corrected chi connectivity index (χ3v) is 2.84. The number of hydrogen-bond acceptors (Lipinski definition) is 4. The van der Waals surface area contributed by atoms with E-state index in [9.17, 15) is 9.59 Å². The van der Waals surface area contributed by atoms with Gasteiger partial charge in [0.15, 0.2) is 12.0 Å². The number of rotatable bonds is 2. The number of nitriles is 1. The lowest BCUT2D eigenvalue weighted by Crippen LogP contribution is -2.31. The molecule has 1 unspecified atom stereocenters. The van der Waals surface area contributed by atoms with Crippen molar-refractivity contribution in [3.63, 3.8) is 0 Å². The normalized spacial score (nSPS) is 16.6. The Morgan fingerprint density at radius 1 is 1.61 bits per heavy atom. The van der Waals surface area contributed by atoms with Gasteiger partial charge in [0.2, 0.25) is 0 Å². The van der Waals surface area contributed by atoms with Gasteiger partial charge in [0, 0.05) is 0 Å². The molecule has 18 heavy (non-hydrogen) atoms. The summed E-state index contributed by atoms with van der Waals surface area (Å²) in [5, 5.41) is 20.7. The molecule has 6 nitrogen and oxygen atoms in total. The van der Waals surface area contributed by atoms with Crippen LogP contribution in [0.2, 0.25) is 0 Å². The van der Waals surface area contributed by atoms with Crippen LogP contribution in [0.25, 0.3) is 0 Å². The monoisotopic (exact) mass is 246 g/mol.